The van der Waals surface area contributed by atoms with E-state index in [0.29, 0.717) is 11.4 Å². The number of amides is 2. The molecule has 1 aromatic carbocycles. The molecule has 2 aliphatic rings. The normalized spacial score (nSPS) is 17.4. The van der Waals surface area contributed by atoms with Crippen molar-refractivity contribution in [1.82, 2.24) is 5.32 Å². The summed E-state index contributed by atoms with van der Waals surface area (Å²) >= 11 is 0. The van der Waals surface area contributed by atoms with Crippen LogP contribution in [0.25, 0.3) is 0 Å². The van der Waals surface area contributed by atoms with Crippen LogP contribution in [-0.4, -0.2) is 43.6 Å². The number of fused-ring (bicyclic) bond motifs is 1. The molecule has 0 spiro atoms. The lowest BCUT2D eigenvalue weighted by molar-refractivity contribution is -0.147. The van der Waals surface area contributed by atoms with Gasteiger partial charge < -0.3 is 14.8 Å². The minimum atomic E-state index is -0.619. The molecule has 25 heavy (non-hydrogen) atoms. The molecule has 7 heteroatoms. The highest BCUT2D eigenvalue weighted by molar-refractivity contribution is 5.99. The summed E-state index contributed by atoms with van der Waals surface area (Å²) in [5, 5.41) is 2.86. The summed E-state index contributed by atoms with van der Waals surface area (Å²) in [5.74, 6) is -0.574. The maximum absolute atomic E-state index is 12.2. The van der Waals surface area contributed by atoms with E-state index in [1.165, 1.54) is 4.90 Å². The molecule has 3 rings (SSSR count). The molecule has 0 unspecified atom stereocenters. The third kappa shape index (κ3) is 4.49. The van der Waals surface area contributed by atoms with Gasteiger partial charge in [0.15, 0.2) is 6.61 Å². The van der Waals surface area contributed by atoms with Crippen molar-refractivity contribution < 1.29 is 23.9 Å². The molecule has 0 aromatic heterocycles. The monoisotopic (exact) mass is 346 g/mol. The van der Waals surface area contributed by atoms with Gasteiger partial charge in [0.05, 0.1) is 18.7 Å². The first-order valence-corrected chi connectivity index (χ1v) is 8.60. The van der Waals surface area contributed by atoms with Gasteiger partial charge in [0.25, 0.3) is 5.91 Å². The summed E-state index contributed by atoms with van der Waals surface area (Å²) in [4.78, 5) is 37.5. The van der Waals surface area contributed by atoms with Gasteiger partial charge in [-0.25, -0.2) is 0 Å². The number of benzene rings is 1. The van der Waals surface area contributed by atoms with Crippen molar-refractivity contribution in [3.8, 4) is 5.75 Å². The standard InChI is InChI=1S/C18H22N2O5/c21-16(19-13-5-1-2-6-13)12-25-18(23)11-20-14-7-3-4-8-15(14)24-10-9-17(20)22/h3-4,7-8,13H,1-2,5-6,9-12H2,(H,19,21). The number of anilines is 1. The molecule has 1 N–H and O–H groups in total. The number of carbonyl (C=O) groups excluding carboxylic acids is 3. The zero-order valence-electron chi connectivity index (χ0n) is 14.0. The van der Waals surface area contributed by atoms with Gasteiger partial charge in [-0.05, 0) is 25.0 Å². The van der Waals surface area contributed by atoms with Crippen LogP contribution >= 0.6 is 0 Å². The Bertz CT molecular complexity index is 655. The SMILES string of the molecule is O=C(COC(=O)CN1C(=O)CCOc2ccccc21)NC1CCCC1. The number of carbonyl (C=O) groups is 3. The van der Waals surface area contributed by atoms with E-state index in [1.54, 1.807) is 24.3 Å². The first-order valence-electron chi connectivity index (χ1n) is 8.60. The van der Waals surface area contributed by atoms with E-state index < -0.39 is 5.97 Å². The second-order valence-electron chi connectivity index (χ2n) is 6.26. The highest BCUT2D eigenvalue weighted by atomic mass is 16.5. The molecule has 7 nitrogen and oxygen atoms in total. The van der Waals surface area contributed by atoms with Crippen LogP contribution in [0.1, 0.15) is 32.1 Å². The van der Waals surface area contributed by atoms with E-state index in [9.17, 15) is 14.4 Å². The average molecular weight is 346 g/mol. The molecule has 1 aliphatic heterocycles. The van der Waals surface area contributed by atoms with E-state index in [2.05, 4.69) is 5.32 Å². The first kappa shape index (κ1) is 17.3. The number of hydrogen-bond donors (Lipinski definition) is 1. The lowest BCUT2D eigenvalue weighted by Crippen LogP contribution is -2.39. The quantitative estimate of drug-likeness (QED) is 0.815. The molecule has 2 amide bonds. The summed E-state index contributed by atoms with van der Waals surface area (Å²) in [6.45, 7) is -0.295. The molecule has 0 saturated heterocycles. The van der Waals surface area contributed by atoms with Crippen LogP contribution in [0.15, 0.2) is 24.3 Å². The number of hydrogen-bond acceptors (Lipinski definition) is 5. The van der Waals surface area contributed by atoms with E-state index >= 15 is 0 Å². The van der Waals surface area contributed by atoms with Gasteiger partial charge in [-0.15, -0.1) is 0 Å². The summed E-state index contributed by atoms with van der Waals surface area (Å²) in [6.07, 6.45) is 4.36. The van der Waals surface area contributed by atoms with Crippen molar-refractivity contribution >= 4 is 23.5 Å². The van der Waals surface area contributed by atoms with Crippen LogP contribution in [0.2, 0.25) is 0 Å². The van der Waals surface area contributed by atoms with Crippen LogP contribution < -0.4 is 15.0 Å². The molecule has 0 bridgehead atoms. The Morgan fingerprint density at radius 2 is 2.00 bits per heavy atom. The minimum absolute atomic E-state index is 0.183. The number of ether oxygens (including phenoxy) is 2. The van der Waals surface area contributed by atoms with Crippen molar-refractivity contribution in [2.24, 2.45) is 0 Å². The van der Waals surface area contributed by atoms with Gasteiger partial charge in [0, 0.05) is 6.04 Å². The zero-order chi connectivity index (χ0) is 17.6. The Hall–Kier alpha value is -2.57. The van der Waals surface area contributed by atoms with Gasteiger partial charge in [0.1, 0.15) is 12.3 Å². The third-order valence-corrected chi connectivity index (χ3v) is 4.40. The number of para-hydroxylation sites is 2. The predicted octanol–water partition coefficient (Wildman–Crippen LogP) is 1.40. The molecule has 134 valence electrons. The summed E-state index contributed by atoms with van der Waals surface area (Å²) in [5.41, 5.74) is 0.539. The van der Waals surface area contributed by atoms with Crippen LogP contribution in [0.3, 0.4) is 0 Å². The lowest BCUT2D eigenvalue weighted by atomic mass is 10.2. The minimum Gasteiger partial charge on any atom is -0.491 e. The van der Waals surface area contributed by atoms with Crippen molar-refractivity contribution in [3.63, 3.8) is 0 Å². The van der Waals surface area contributed by atoms with Crippen LogP contribution in [-0.2, 0) is 19.1 Å². The summed E-state index contributed by atoms with van der Waals surface area (Å²) in [6, 6.07) is 7.23. The van der Waals surface area contributed by atoms with Gasteiger partial charge >= 0.3 is 5.97 Å². The molecule has 1 heterocycles. The molecular weight excluding hydrogens is 324 g/mol. The van der Waals surface area contributed by atoms with Crippen LogP contribution in [0.5, 0.6) is 5.75 Å². The van der Waals surface area contributed by atoms with Crippen molar-refractivity contribution in [2.75, 3.05) is 24.7 Å². The van der Waals surface area contributed by atoms with E-state index in [1.807, 2.05) is 0 Å². The van der Waals surface area contributed by atoms with Crippen molar-refractivity contribution in [3.05, 3.63) is 24.3 Å². The van der Waals surface area contributed by atoms with Gasteiger partial charge in [0.2, 0.25) is 5.91 Å². The Balaban J connectivity index is 1.54. The highest BCUT2D eigenvalue weighted by Crippen LogP contribution is 2.30. The van der Waals surface area contributed by atoms with Gasteiger partial charge in [-0.1, -0.05) is 25.0 Å². The van der Waals surface area contributed by atoms with Crippen molar-refractivity contribution in [1.29, 1.82) is 0 Å². The fraction of sp³-hybridized carbons (Fsp3) is 0.500. The zero-order valence-corrected chi connectivity index (χ0v) is 14.0. The Morgan fingerprint density at radius 3 is 2.80 bits per heavy atom. The van der Waals surface area contributed by atoms with Crippen molar-refractivity contribution in [2.45, 2.75) is 38.1 Å². The number of nitrogens with zero attached hydrogens (tertiary/aromatic N) is 1. The van der Waals surface area contributed by atoms with E-state index in [4.69, 9.17) is 9.47 Å². The highest BCUT2D eigenvalue weighted by Gasteiger charge is 2.26. The lowest BCUT2D eigenvalue weighted by Gasteiger charge is -2.21. The fourth-order valence-electron chi connectivity index (χ4n) is 3.15. The molecule has 1 fully saturated rings. The summed E-state index contributed by atoms with van der Waals surface area (Å²) < 4.78 is 10.6. The Morgan fingerprint density at radius 1 is 1.24 bits per heavy atom. The predicted molar refractivity (Wildman–Crippen MR) is 90.3 cm³/mol. The average Bonchev–Trinajstić information content (AvgIpc) is 3.06. The smallest absolute Gasteiger partial charge is 0.326 e. The number of esters is 1. The second-order valence-corrected chi connectivity index (χ2v) is 6.26. The second kappa shape index (κ2) is 8.00. The van der Waals surface area contributed by atoms with Crippen LogP contribution in [0, 0.1) is 0 Å². The largest absolute Gasteiger partial charge is 0.491 e. The maximum atomic E-state index is 12.2. The van der Waals surface area contributed by atoms with Gasteiger partial charge in [-0.2, -0.15) is 0 Å². The summed E-state index contributed by atoms with van der Waals surface area (Å²) in [7, 11) is 0. The third-order valence-electron chi connectivity index (χ3n) is 4.40. The molecule has 1 aromatic rings. The molecule has 1 saturated carbocycles. The molecule has 0 atom stereocenters. The first-order chi connectivity index (χ1) is 12.1. The Labute approximate surface area is 146 Å². The Kier molecular flexibility index (Phi) is 5.53. The van der Waals surface area contributed by atoms with E-state index in [-0.39, 0.29) is 44.0 Å². The number of nitrogens with one attached hydrogen (secondary N) is 1. The topological polar surface area (TPSA) is 84.9 Å². The van der Waals surface area contributed by atoms with Crippen LogP contribution in [0.4, 0.5) is 5.69 Å². The molecule has 0 radical (unpaired) electrons. The fourth-order valence-corrected chi connectivity index (χ4v) is 3.15. The van der Waals surface area contributed by atoms with E-state index in [0.717, 1.165) is 25.7 Å². The maximum Gasteiger partial charge on any atom is 0.326 e. The van der Waals surface area contributed by atoms with Gasteiger partial charge in [-0.3, -0.25) is 19.3 Å². The molecular formula is C18H22N2O5. The molecule has 1 aliphatic carbocycles. The number of rotatable bonds is 5.